The molecule has 1 atom stereocenters. The van der Waals surface area contributed by atoms with Crippen molar-refractivity contribution in [3.8, 4) is 6.07 Å². The highest BCUT2D eigenvalue weighted by Crippen LogP contribution is 2.33. The first-order valence-corrected chi connectivity index (χ1v) is 7.75. The molecule has 120 valence electrons. The fourth-order valence-electron chi connectivity index (χ4n) is 3.21. The standard InChI is InChI=1S/C17H21N5O/c1-16(2,11-18)14-6-4-3-5-13(14)10-22-8-7-17(23,12-22)15-9-19-21-20-15/h3-6,9,23H,7-8,10,12H2,1-2H3,(H,19,20,21)/t17-/m1/s1. The van der Waals surface area contributed by atoms with Crippen molar-refractivity contribution < 1.29 is 5.11 Å². The molecule has 1 aliphatic rings. The van der Waals surface area contributed by atoms with Crippen LogP contribution in [0.15, 0.2) is 30.5 Å². The summed E-state index contributed by atoms with van der Waals surface area (Å²) in [6, 6.07) is 10.4. The van der Waals surface area contributed by atoms with Crippen LogP contribution < -0.4 is 0 Å². The van der Waals surface area contributed by atoms with Crippen molar-refractivity contribution in [3.63, 3.8) is 0 Å². The number of nitrogens with zero attached hydrogens (tertiary/aromatic N) is 4. The van der Waals surface area contributed by atoms with Crippen LogP contribution in [-0.2, 0) is 17.6 Å². The van der Waals surface area contributed by atoms with Crippen LogP contribution in [0.5, 0.6) is 0 Å². The monoisotopic (exact) mass is 311 g/mol. The summed E-state index contributed by atoms with van der Waals surface area (Å²) in [5.74, 6) is 0. The summed E-state index contributed by atoms with van der Waals surface area (Å²) in [5, 5.41) is 30.5. The van der Waals surface area contributed by atoms with Gasteiger partial charge in [-0.25, -0.2) is 0 Å². The normalized spacial score (nSPS) is 22.2. The van der Waals surface area contributed by atoms with E-state index in [1.54, 1.807) is 6.20 Å². The van der Waals surface area contributed by atoms with Crippen LogP contribution in [0.25, 0.3) is 0 Å². The lowest BCUT2D eigenvalue weighted by atomic mass is 9.83. The number of rotatable bonds is 4. The number of hydrogen-bond acceptors (Lipinski definition) is 5. The van der Waals surface area contributed by atoms with E-state index in [2.05, 4.69) is 32.4 Å². The fourth-order valence-corrected chi connectivity index (χ4v) is 3.21. The number of nitriles is 1. The van der Waals surface area contributed by atoms with Gasteiger partial charge in [-0.05, 0) is 31.4 Å². The molecule has 1 saturated heterocycles. The van der Waals surface area contributed by atoms with Crippen molar-refractivity contribution >= 4 is 0 Å². The first-order valence-electron chi connectivity index (χ1n) is 7.75. The molecule has 2 N–H and O–H groups in total. The van der Waals surface area contributed by atoms with Crippen LogP contribution in [0.4, 0.5) is 0 Å². The average molecular weight is 311 g/mol. The van der Waals surface area contributed by atoms with Gasteiger partial charge >= 0.3 is 0 Å². The lowest BCUT2D eigenvalue weighted by Gasteiger charge is -2.24. The van der Waals surface area contributed by atoms with Crippen LogP contribution in [0.2, 0.25) is 0 Å². The Morgan fingerprint density at radius 2 is 2.22 bits per heavy atom. The molecular weight excluding hydrogens is 290 g/mol. The van der Waals surface area contributed by atoms with Gasteiger partial charge in [-0.15, -0.1) is 0 Å². The molecule has 1 aliphatic heterocycles. The smallest absolute Gasteiger partial charge is 0.124 e. The molecule has 0 bridgehead atoms. The molecule has 23 heavy (non-hydrogen) atoms. The minimum absolute atomic E-state index is 0.515. The quantitative estimate of drug-likeness (QED) is 0.897. The van der Waals surface area contributed by atoms with Crippen LogP contribution in [0, 0.1) is 11.3 Å². The number of likely N-dealkylation sites (tertiary alicyclic amines) is 1. The van der Waals surface area contributed by atoms with E-state index in [0.29, 0.717) is 25.2 Å². The van der Waals surface area contributed by atoms with Gasteiger partial charge in [0.25, 0.3) is 0 Å². The van der Waals surface area contributed by atoms with E-state index in [1.165, 1.54) is 0 Å². The summed E-state index contributed by atoms with van der Waals surface area (Å²) in [6.07, 6.45) is 2.21. The third-order valence-corrected chi connectivity index (χ3v) is 4.58. The number of β-amino-alcohol motifs (C(OH)–C–C–N with tert-alkyl or cyclic N) is 1. The molecule has 3 rings (SSSR count). The van der Waals surface area contributed by atoms with Crippen molar-refractivity contribution in [3.05, 3.63) is 47.3 Å². The Hall–Kier alpha value is -2.23. The van der Waals surface area contributed by atoms with Gasteiger partial charge in [-0.1, -0.05) is 24.3 Å². The second-order valence-electron chi connectivity index (χ2n) is 6.74. The van der Waals surface area contributed by atoms with Gasteiger partial charge < -0.3 is 5.11 Å². The minimum Gasteiger partial charge on any atom is -0.382 e. The molecule has 6 heteroatoms. The zero-order valence-corrected chi connectivity index (χ0v) is 13.5. The second-order valence-corrected chi connectivity index (χ2v) is 6.74. The van der Waals surface area contributed by atoms with Crippen LogP contribution in [0.3, 0.4) is 0 Å². The highest BCUT2D eigenvalue weighted by molar-refractivity contribution is 5.37. The zero-order valence-electron chi connectivity index (χ0n) is 13.5. The largest absolute Gasteiger partial charge is 0.382 e. The number of hydrogen-bond donors (Lipinski definition) is 2. The lowest BCUT2D eigenvalue weighted by Crippen LogP contribution is -2.31. The van der Waals surface area contributed by atoms with Crippen molar-refractivity contribution in [1.82, 2.24) is 20.3 Å². The molecule has 1 fully saturated rings. The van der Waals surface area contributed by atoms with Gasteiger partial charge in [0.15, 0.2) is 0 Å². The summed E-state index contributed by atoms with van der Waals surface area (Å²) >= 11 is 0. The van der Waals surface area contributed by atoms with E-state index in [-0.39, 0.29) is 0 Å². The molecule has 0 spiro atoms. The van der Waals surface area contributed by atoms with Crippen molar-refractivity contribution in [2.75, 3.05) is 13.1 Å². The molecule has 0 aliphatic carbocycles. The van der Waals surface area contributed by atoms with E-state index in [4.69, 9.17) is 0 Å². The Kier molecular flexibility index (Phi) is 3.92. The third kappa shape index (κ3) is 2.98. The molecule has 0 radical (unpaired) electrons. The summed E-state index contributed by atoms with van der Waals surface area (Å²) in [6.45, 7) is 5.87. The van der Waals surface area contributed by atoms with Crippen LogP contribution >= 0.6 is 0 Å². The number of benzene rings is 1. The van der Waals surface area contributed by atoms with Gasteiger partial charge in [0, 0.05) is 19.6 Å². The SMILES string of the molecule is CC(C)(C#N)c1ccccc1CN1CC[C@](O)(c2cn[nH]n2)C1. The predicted octanol–water partition coefficient (Wildman–Crippen LogP) is 1.70. The molecule has 2 aromatic rings. The van der Waals surface area contributed by atoms with Gasteiger partial charge in [-0.2, -0.15) is 20.7 Å². The lowest BCUT2D eigenvalue weighted by molar-refractivity contribution is 0.0408. The molecule has 1 aromatic heterocycles. The highest BCUT2D eigenvalue weighted by atomic mass is 16.3. The van der Waals surface area contributed by atoms with E-state index in [9.17, 15) is 10.4 Å². The van der Waals surface area contributed by atoms with Crippen molar-refractivity contribution in [1.29, 1.82) is 5.26 Å². The number of aromatic amines is 1. The Morgan fingerprint density at radius 1 is 1.43 bits per heavy atom. The fraction of sp³-hybridized carbons (Fsp3) is 0.471. The number of nitrogens with one attached hydrogen (secondary N) is 1. The molecule has 1 aromatic carbocycles. The molecule has 2 heterocycles. The Morgan fingerprint density at radius 3 is 2.91 bits per heavy atom. The summed E-state index contributed by atoms with van der Waals surface area (Å²) in [5.41, 5.74) is 1.28. The van der Waals surface area contributed by atoms with Crippen molar-refractivity contribution in [2.45, 2.75) is 37.8 Å². The average Bonchev–Trinajstić information content (AvgIpc) is 3.19. The van der Waals surface area contributed by atoms with Gasteiger partial charge in [-0.3, -0.25) is 4.90 Å². The van der Waals surface area contributed by atoms with Gasteiger partial charge in [0.2, 0.25) is 0 Å². The maximum Gasteiger partial charge on any atom is 0.124 e. The minimum atomic E-state index is -0.952. The Balaban J connectivity index is 1.79. The van der Waals surface area contributed by atoms with E-state index in [0.717, 1.165) is 17.7 Å². The molecule has 0 amide bonds. The number of aliphatic hydroxyl groups is 1. The van der Waals surface area contributed by atoms with Crippen LogP contribution in [0.1, 0.15) is 37.1 Å². The Bertz CT molecular complexity index is 719. The molecule has 6 nitrogen and oxygen atoms in total. The molecule has 0 unspecified atom stereocenters. The predicted molar refractivity (Wildman–Crippen MR) is 85.3 cm³/mol. The van der Waals surface area contributed by atoms with E-state index >= 15 is 0 Å². The maximum absolute atomic E-state index is 10.8. The van der Waals surface area contributed by atoms with Gasteiger partial charge in [0.05, 0.1) is 17.7 Å². The van der Waals surface area contributed by atoms with E-state index < -0.39 is 11.0 Å². The first kappa shape index (κ1) is 15.7. The summed E-state index contributed by atoms with van der Waals surface area (Å²) in [4.78, 5) is 2.20. The topological polar surface area (TPSA) is 88.8 Å². The molecule has 0 saturated carbocycles. The van der Waals surface area contributed by atoms with Crippen LogP contribution in [-0.4, -0.2) is 38.5 Å². The van der Waals surface area contributed by atoms with E-state index in [1.807, 2.05) is 32.0 Å². The first-order chi connectivity index (χ1) is 10.9. The Labute approximate surface area is 135 Å². The zero-order chi connectivity index (χ0) is 16.5. The van der Waals surface area contributed by atoms with Gasteiger partial charge in [0.1, 0.15) is 11.3 Å². The third-order valence-electron chi connectivity index (χ3n) is 4.58. The second kappa shape index (κ2) is 5.76. The number of aromatic nitrogens is 3. The maximum atomic E-state index is 10.8. The highest BCUT2D eigenvalue weighted by Gasteiger charge is 2.40. The molecular formula is C17H21N5O. The number of H-pyrrole nitrogens is 1. The van der Waals surface area contributed by atoms with Crippen molar-refractivity contribution in [2.24, 2.45) is 0 Å². The summed E-state index contributed by atoms with van der Waals surface area (Å²) in [7, 11) is 0. The summed E-state index contributed by atoms with van der Waals surface area (Å²) < 4.78 is 0.